The van der Waals surface area contributed by atoms with E-state index in [4.69, 9.17) is 0 Å². The van der Waals surface area contributed by atoms with E-state index in [9.17, 15) is 4.79 Å². The van der Waals surface area contributed by atoms with Gasteiger partial charge in [-0.2, -0.15) is 0 Å². The number of pyridine rings is 1. The summed E-state index contributed by atoms with van der Waals surface area (Å²) in [5.41, 5.74) is 3.88. The highest BCUT2D eigenvalue weighted by atomic mass is 16.2. The van der Waals surface area contributed by atoms with Crippen molar-refractivity contribution in [3.8, 4) is 0 Å². The number of carbonyl (C=O) groups excluding carboxylic acids is 1. The summed E-state index contributed by atoms with van der Waals surface area (Å²) < 4.78 is 0. The molecular weight excluding hydrogens is 422 g/mol. The molecule has 6 heteroatoms. The Labute approximate surface area is 199 Å². The molecule has 2 aromatic heterocycles. The topological polar surface area (TPSA) is 71.0 Å². The van der Waals surface area contributed by atoms with E-state index in [-0.39, 0.29) is 5.91 Å². The summed E-state index contributed by atoms with van der Waals surface area (Å²) in [5.74, 6) is 1.25. The zero-order valence-corrected chi connectivity index (χ0v) is 19.0. The largest absolute Gasteiger partial charge is 0.333 e. The Morgan fingerprint density at radius 3 is 2.53 bits per heavy atom. The van der Waals surface area contributed by atoms with Crippen LogP contribution >= 0.6 is 0 Å². The zero-order valence-electron chi connectivity index (χ0n) is 19.0. The molecule has 0 aliphatic carbocycles. The van der Waals surface area contributed by atoms with Gasteiger partial charge < -0.3 is 10.2 Å². The van der Waals surface area contributed by atoms with Crippen molar-refractivity contribution in [2.45, 2.75) is 44.2 Å². The quantitative estimate of drug-likeness (QED) is 0.442. The number of hydrogen-bond donors (Lipinski definition) is 1. The molecule has 1 N–H and O–H groups in total. The fraction of sp³-hybridized carbons (Fsp3) is 0.286. The van der Waals surface area contributed by atoms with Gasteiger partial charge in [-0.05, 0) is 80.0 Å². The van der Waals surface area contributed by atoms with Crippen LogP contribution in [-0.2, 0) is 6.42 Å². The molecule has 6 rings (SSSR count). The number of hydrogen-bond acceptors (Lipinski definition) is 5. The number of nitrogens with one attached hydrogen (secondary N) is 1. The summed E-state index contributed by atoms with van der Waals surface area (Å²) in [7, 11) is 0. The Hall–Kier alpha value is -3.80. The number of aromatic nitrogens is 3. The number of piperidine rings is 1. The fourth-order valence-electron chi connectivity index (χ4n) is 5.72. The Kier molecular flexibility index (Phi) is 5.41. The minimum Gasteiger partial charge on any atom is -0.333 e. The van der Waals surface area contributed by atoms with Crippen LogP contribution in [0.2, 0.25) is 0 Å². The number of carbonyl (C=O) groups is 1. The predicted octanol–water partition coefficient (Wildman–Crippen LogP) is 5.39. The van der Waals surface area contributed by atoms with Gasteiger partial charge in [-0.1, -0.05) is 24.3 Å². The van der Waals surface area contributed by atoms with Gasteiger partial charge >= 0.3 is 0 Å². The summed E-state index contributed by atoms with van der Waals surface area (Å²) in [6.45, 7) is 0. The van der Waals surface area contributed by atoms with E-state index < -0.39 is 0 Å². The van der Waals surface area contributed by atoms with Crippen molar-refractivity contribution in [3.63, 3.8) is 0 Å². The molecule has 2 aliphatic heterocycles. The first-order valence-electron chi connectivity index (χ1n) is 12.0. The van der Waals surface area contributed by atoms with E-state index in [1.165, 1.54) is 10.9 Å². The van der Waals surface area contributed by atoms with Crippen molar-refractivity contribution >= 4 is 28.4 Å². The van der Waals surface area contributed by atoms with Crippen molar-refractivity contribution in [1.82, 2.24) is 19.9 Å². The molecule has 0 spiro atoms. The summed E-state index contributed by atoms with van der Waals surface area (Å²) in [4.78, 5) is 28.8. The van der Waals surface area contributed by atoms with E-state index in [2.05, 4.69) is 49.4 Å². The van der Waals surface area contributed by atoms with Gasteiger partial charge in [0.05, 0.1) is 5.52 Å². The lowest BCUT2D eigenvalue weighted by Gasteiger charge is -2.39. The molecule has 0 radical (unpaired) electrons. The number of anilines is 2. The van der Waals surface area contributed by atoms with Crippen LogP contribution in [0.4, 0.5) is 11.6 Å². The second kappa shape index (κ2) is 8.86. The van der Waals surface area contributed by atoms with Crippen LogP contribution in [0, 0.1) is 5.92 Å². The van der Waals surface area contributed by atoms with Crippen LogP contribution in [0.15, 0.2) is 79.3 Å². The SMILES string of the molecule is O=C(c1cccc(Nc2ncccn2)c1)N1C2CCC1CC(Cc1cnc3ccccc3c1)C2. The van der Waals surface area contributed by atoms with Gasteiger partial charge in [-0.25, -0.2) is 9.97 Å². The van der Waals surface area contributed by atoms with Crippen molar-refractivity contribution in [3.05, 3.63) is 90.4 Å². The fourth-order valence-corrected chi connectivity index (χ4v) is 5.72. The van der Waals surface area contributed by atoms with Crippen molar-refractivity contribution in [1.29, 1.82) is 0 Å². The van der Waals surface area contributed by atoms with Crippen LogP contribution in [-0.4, -0.2) is 37.8 Å². The average Bonchev–Trinajstić information content (AvgIpc) is 3.14. The molecule has 2 saturated heterocycles. The summed E-state index contributed by atoms with van der Waals surface area (Å²) in [6.07, 6.45) is 10.8. The molecule has 2 aromatic carbocycles. The van der Waals surface area contributed by atoms with Gasteiger partial charge in [0.2, 0.25) is 5.95 Å². The van der Waals surface area contributed by atoms with E-state index in [0.29, 0.717) is 23.9 Å². The van der Waals surface area contributed by atoms with Gasteiger partial charge in [0.25, 0.3) is 5.91 Å². The average molecular weight is 450 g/mol. The van der Waals surface area contributed by atoms with Gasteiger partial charge in [0.1, 0.15) is 0 Å². The number of amides is 1. The van der Waals surface area contributed by atoms with Crippen LogP contribution in [0.5, 0.6) is 0 Å². The number of para-hydroxylation sites is 1. The van der Waals surface area contributed by atoms with Crippen LogP contribution < -0.4 is 5.32 Å². The number of nitrogens with zero attached hydrogens (tertiary/aromatic N) is 4. The highest BCUT2D eigenvalue weighted by Gasteiger charge is 2.43. The molecule has 2 atom stereocenters. The van der Waals surface area contributed by atoms with E-state index >= 15 is 0 Å². The van der Waals surface area contributed by atoms with Crippen molar-refractivity contribution in [2.75, 3.05) is 5.32 Å². The van der Waals surface area contributed by atoms with Gasteiger partial charge in [-0.15, -0.1) is 0 Å². The van der Waals surface area contributed by atoms with Crippen molar-refractivity contribution in [2.24, 2.45) is 5.92 Å². The normalized spacial score (nSPS) is 21.5. The highest BCUT2D eigenvalue weighted by molar-refractivity contribution is 5.96. The van der Waals surface area contributed by atoms with E-state index in [0.717, 1.165) is 48.9 Å². The molecule has 6 nitrogen and oxygen atoms in total. The lowest BCUT2D eigenvalue weighted by Crippen LogP contribution is -2.46. The Bertz CT molecular complexity index is 1310. The third-order valence-corrected chi connectivity index (χ3v) is 7.17. The van der Waals surface area contributed by atoms with E-state index in [1.807, 2.05) is 36.5 Å². The second-order valence-corrected chi connectivity index (χ2v) is 9.45. The smallest absolute Gasteiger partial charge is 0.254 e. The third-order valence-electron chi connectivity index (χ3n) is 7.17. The first-order valence-corrected chi connectivity index (χ1v) is 12.0. The number of rotatable bonds is 5. The Morgan fingerprint density at radius 2 is 1.71 bits per heavy atom. The summed E-state index contributed by atoms with van der Waals surface area (Å²) in [6, 6.07) is 20.6. The van der Waals surface area contributed by atoms with E-state index in [1.54, 1.807) is 18.5 Å². The summed E-state index contributed by atoms with van der Waals surface area (Å²) >= 11 is 0. The molecule has 2 aliphatic rings. The molecule has 4 aromatic rings. The highest BCUT2D eigenvalue weighted by Crippen LogP contribution is 2.41. The Morgan fingerprint density at radius 1 is 0.912 bits per heavy atom. The monoisotopic (exact) mass is 449 g/mol. The molecule has 2 bridgehead atoms. The maximum absolute atomic E-state index is 13.5. The summed E-state index contributed by atoms with van der Waals surface area (Å²) in [5, 5.41) is 4.39. The molecule has 0 saturated carbocycles. The van der Waals surface area contributed by atoms with Crippen LogP contribution in [0.25, 0.3) is 10.9 Å². The standard InChI is InChI=1S/C28H27N5O/c34-27(22-6-3-7-23(17-22)32-28-29-11-4-12-30-28)33-24-9-10-25(33)16-19(15-24)13-20-14-21-5-1-2-8-26(21)31-18-20/h1-8,11-12,14,17-19,24-25H,9-10,13,15-16H2,(H,29,30,32). The zero-order chi connectivity index (χ0) is 22.9. The lowest BCUT2D eigenvalue weighted by molar-refractivity contribution is 0.0524. The first kappa shape index (κ1) is 20.8. The minimum absolute atomic E-state index is 0.135. The molecule has 34 heavy (non-hydrogen) atoms. The molecule has 170 valence electrons. The van der Waals surface area contributed by atoms with Gasteiger partial charge in [0, 0.05) is 47.3 Å². The third kappa shape index (κ3) is 4.12. The minimum atomic E-state index is 0.135. The van der Waals surface area contributed by atoms with Crippen LogP contribution in [0.3, 0.4) is 0 Å². The molecular formula is C28H27N5O. The van der Waals surface area contributed by atoms with Crippen LogP contribution in [0.1, 0.15) is 41.6 Å². The first-order chi connectivity index (χ1) is 16.7. The molecule has 1 amide bonds. The molecule has 2 fully saturated rings. The van der Waals surface area contributed by atoms with Gasteiger partial charge in [-0.3, -0.25) is 9.78 Å². The lowest BCUT2D eigenvalue weighted by atomic mass is 9.85. The molecule has 2 unspecified atom stereocenters. The Balaban J connectivity index is 1.15. The maximum Gasteiger partial charge on any atom is 0.254 e. The second-order valence-electron chi connectivity index (χ2n) is 9.45. The number of fused-ring (bicyclic) bond motifs is 3. The van der Waals surface area contributed by atoms with Gasteiger partial charge in [0.15, 0.2) is 0 Å². The predicted molar refractivity (Wildman–Crippen MR) is 133 cm³/mol. The molecule has 4 heterocycles. The maximum atomic E-state index is 13.5. The number of benzene rings is 2. The van der Waals surface area contributed by atoms with Crippen molar-refractivity contribution < 1.29 is 4.79 Å².